The quantitative estimate of drug-likeness (QED) is 0.548. The summed E-state index contributed by atoms with van der Waals surface area (Å²) in [6.45, 7) is 9.16. The third-order valence-electron chi connectivity index (χ3n) is 3.75. The van der Waals surface area contributed by atoms with E-state index in [-0.39, 0.29) is 11.5 Å². The van der Waals surface area contributed by atoms with Crippen molar-refractivity contribution in [1.29, 1.82) is 0 Å². The SMILES string of the molecule is CC(C)(C)C(=NC(=O)OC1CCCC1)N1CCOCC1. The van der Waals surface area contributed by atoms with Crippen LogP contribution in [0.1, 0.15) is 46.5 Å². The molecule has 20 heavy (non-hydrogen) atoms. The van der Waals surface area contributed by atoms with Gasteiger partial charge in [-0.3, -0.25) is 0 Å². The summed E-state index contributed by atoms with van der Waals surface area (Å²) in [6, 6.07) is 0. The number of nitrogens with zero attached hydrogens (tertiary/aromatic N) is 2. The topological polar surface area (TPSA) is 51.1 Å². The van der Waals surface area contributed by atoms with Crippen molar-refractivity contribution in [2.75, 3.05) is 26.3 Å². The van der Waals surface area contributed by atoms with E-state index < -0.39 is 6.09 Å². The van der Waals surface area contributed by atoms with Gasteiger partial charge in [0.05, 0.1) is 13.2 Å². The summed E-state index contributed by atoms with van der Waals surface area (Å²) < 4.78 is 10.8. The van der Waals surface area contributed by atoms with Gasteiger partial charge in [0.25, 0.3) is 0 Å². The van der Waals surface area contributed by atoms with E-state index >= 15 is 0 Å². The minimum absolute atomic E-state index is 0.0668. The number of rotatable bonds is 1. The molecule has 1 amide bonds. The first-order valence-electron chi connectivity index (χ1n) is 7.59. The first kappa shape index (κ1) is 15.3. The first-order valence-corrected chi connectivity index (χ1v) is 7.59. The van der Waals surface area contributed by atoms with Crippen LogP contribution in [0.3, 0.4) is 0 Å². The van der Waals surface area contributed by atoms with E-state index in [1.165, 1.54) is 0 Å². The van der Waals surface area contributed by atoms with Crippen LogP contribution in [-0.2, 0) is 9.47 Å². The van der Waals surface area contributed by atoms with Crippen LogP contribution in [0.2, 0.25) is 0 Å². The van der Waals surface area contributed by atoms with E-state index in [1.54, 1.807) is 0 Å². The maximum Gasteiger partial charge on any atom is 0.435 e. The van der Waals surface area contributed by atoms with Crippen molar-refractivity contribution < 1.29 is 14.3 Å². The van der Waals surface area contributed by atoms with Gasteiger partial charge in [-0.2, -0.15) is 4.99 Å². The maximum atomic E-state index is 12.0. The summed E-state index contributed by atoms with van der Waals surface area (Å²) in [5.74, 6) is 0.809. The molecule has 5 nitrogen and oxygen atoms in total. The smallest absolute Gasteiger partial charge is 0.435 e. The zero-order valence-electron chi connectivity index (χ0n) is 12.9. The fraction of sp³-hybridized carbons (Fsp3) is 0.867. The van der Waals surface area contributed by atoms with Gasteiger partial charge < -0.3 is 14.4 Å². The Hall–Kier alpha value is -1.10. The van der Waals surface area contributed by atoms with Crippen molar-refractivity contribution in [3.8, 4) is 0 Å². The van der Waals surface area contributed by atoms with Crippen LogP contribution in [0.25, 0.3) is 0 Å². The molecule has 1 aliphatic heterocycles. The van der Waals surface area contributed by atoms with Crippen LogP contribution in [0.15, 0.2) is 4.99 Å². The highest BCUT2D eigenvalue weighted by Crippen LogP contribution is 2.23. The number of carbonyl (C=O) groups is 1. The van der Waals surface area contributed by atoms with E-state index in [4.69, 9.17) is 9.47 Å². The second-order valence-electron chi connectivity index (χ2n) is 6.58. The summed E-state index contributed by atoms with van der Waals surface area (Å²) in [5.41, 5.74) is -0.175. The Bertz CT molecular complexity index is 362. The number of amidine groups is 1. The van der Waals surface area contributed by atoms with E-state index in [0.29, 0.717) is 13.2 Å². The first-order chi connectivity index (χ1) is 9.47. The molecular weight excluding hydrogens is 256 g/mol. The molecule has 0 atom stereocenters. The minimum Gasteiger partial charge on any atom is -0.445 e. The standard InChI is InChI=1S/C15H26N2O3/c1-15(2,3)13(17-8-10-19-11-9-17)16-14(18)20-12-6-4-5-7-12/h12H,4-11H2,1-3H3. The molecule has 0 spiro atoms. The second kappa shape index (κ2) is 6.57. The molecule has 114 valence electrons. The monoisotopic (exact) mass is 282 g/mol. The molecule has 2 rings (SSSR count). The Labute approximate surface area is 121 Å². The zero-order valence-corrected chi connectivity index (χ0v) is 12.9. The van der Waals surface area contributed by atoms with Gasteiger partial charge in [0, 0.05) is 18.5 Å². The van der Waals surface area contributed by atoms with Gasteiger partial charge in [0.2, 0.25) is 0 Å². The summed E-state index contributed by atoms with van der Waals surface area (Å²) in [6.07, 6.45) is 3.88. The van der Waals surface area contributed by atoms with Crippen molar-refractivity contribution in [2.24, 2.45) is 10.4 Å². The van der Waals surface area contributed by atoms with Gasteiger partial charge in [-0.15, -0.1) is 0 Å². The summed E-state index contributed by atoms with van der Waals surface area (Å²) >= 11 is 0. The number of amides is 1. The van der Waals surface area contributed by atoms with Crippen molar-refractivity contribution in [3.05, 3.63) is 0 Å². The Morgan fingerprint density at radius 3 is 2.35 bits per heavy atom. The van der Waals surface area contributed by atoms with Crippen LogP contribution in [0.5, 0.6) is 0 Å². The van der Waals surface area contributed by atoms with Gasteiger partial charge in [0.15, 0.2) is 0 Å². The lowest BCUT2D eigenvalue weighted by Gasteiger charge is -2.35. The van der Waals surface area contributed by atoms with Crippen molar-refractivity contribution in [3.63, 3.8) is 0 Å². The van der Waals surface area contributed by atoms with Gasteiger partial charge in [-0.1, -0.05) is 20.8 Å². The molecule has 5 heteroatoms. The predicted molar refractivity (Wildman–Crippen MR) is 78.0 cm³/mol. The van der Waals surface area contributed by atoms with Gasteiger partial charge in [-0.25, -0.2) is 4.79 Å². The van der Waals surface area contributed by atoms with Crippen LogP contribution in [-0.4, -0.2) is 49.2 Å². The molecule has 0 N–H and O–H groups in total. The lowest BCUT2D eigenvalue weighted by molar-refractivity contribution is 0.0638. The van der Waals surface area contributed by atoms with Crippen LogP contribution >= 0.6 is 0 Å². The van der Waals surface area contributed by atoms with E-state index in [1.807, 2.05) is 0 Å². The molecule has 0 radical (unpaired) electrons. The second-order valence-corrected chi connectivity index (χ2v) is 6.58. The lowest BCUT2D eigenvalue weighted by atomic mass is 9.93. The van der Waals surface area contributed by atoms with Crippen LogP contribution in [0.4, 0.5) is 4.79 Å². The maximum absolute atomic E-state index is 12.0. The number of aliphatic imine (C=N–C) groups is 1. The number of ether oxygens (including phenoxy) is 2. The molecule has 0 unspecified atom stereocenters. The Kier molecular flexibility index (Phi) is 5.02. The predicted octanol–water partition coefficient (Wildman–Crippen LogP) is 2.84. The third-order valence-corrected chi connectivity index (χ3v) is 3.75. The molecule has 2 fully saturated rings. The van der Waals surface area contributed by atoms with Crippen molar-refractivity contribution in [2.45, 2.75) is 52.6 Å². The molecule has 1 saturated carbocycles. The van der Waals surface area contributed by atoms with E-state index in [2.05, 4.69) is 30.7 Å². The van der Waals surface area contributed by atoms with Gasteiger partial charge in [-0.05, 0) is 25.7 Å². The number of carbonyl (C=O) groups excluding carboxylic acids is 1. The molecule has 0 aromatic rings. The lowest BCUT2D eigenvalue weighted by Crippen LogP contribution is -2.46. The Morgan fingerprint density at radius 1 is 1.20 bits per heavy atom. The van der Waals surface area contributed by atoms with Crippen molar-refractivity contribution >= 4 is 11.9 Å². The van der Waals surface area contributed by atoms with E-state index in [0.717, 1.165) is 44.6 Å². The van der Waals surface area contributed by atoms with Crippen LogP contribution < -0.4 is 0 Å². The van der Waals surface area contributed by atoms with Gasteiger partial charge >= 0.3 is 6.09 Å². The molecule has 2 aliphatic rings. The zero-order chi connectivity index (χ0) is 14.6. The van der Waals surface area contributed by atoms with Gasteiger partial charge in [0.1, 0.15) is 11.9 Å². The summed E-state index contributed by atoms with van der Waals surface area (Å²) in [4.78, 5) is 18.4. The Balaban J connectivity index is 2.04. The highest BCUT2D eigenvalue weighted by Gasteiger charge is 2.28. The fourth-order valence-corrected chi connectivity index (χ4v) is 2.75. The normalized spacial score (nSPS) is 22.1. The molecular formula is C15H26N2O3. The fourth-order valence-electron chi connectivity index (χ4n) is 2.75. The Morgan fingerprint density at radius 2 is 1.80 bits per heavy atom. The number of morpholine rings is 1. The molecule has 1 heterocycles. The number of hydrogen-bond acceptors (Lipinski definition) is 3. The molecule has 0 bridgehead atoms. The highest BCUT2D eigenvalue weighted by atomic mass is 16.6. The molecule has 0 aromatic carbocycles. The summed E-state index contributed by atoms with van der Waals surface area (Å²) in [5, 5.41) is 0. The molecule has 1 saturated heterocycles. The molecule has 0 aromatic heterocycles. The van der Waals surface area contributed by atoms with Crippen molar-refractivity contribution in [1.82, 2.24) is 4.90 Å². The summed E-state index contributed by atoms with van der Waals surface area (Å²) in [7, 11) is 0. The van der Waals surface area contributed by atoms with Crippen LogP contribution in [0, 0.1) is 5.41 Å². The average molecular weight is 282 g/mol. The number of hydrogen-bond donors (Lipinski definition) is 0. The average Bonchev–Trinajstić information content (AvgIpc) is 2.88. The highest BCUT2D eigenvalue weighted by molar-refractivity contribution is 5.95. The minimum atomic E-state index is -0.437. The molecule has 1 aliphatic carbocycles. The van der Waals surface area contributed by atoms with E-state index in [9.17, 15) is 4.79 Å². The third kappa shape index (κ3) is 4.20. The largest absolute Gasteiger partial charge is 0.445 e.